The first-order chi connectivity index (χ1) is 11.3. The average molecular weight is 306 g/mol. The molecule has 1 saturated heterocycles. The zero-order valence-electron chi connectivity index (χ0n) is 12.4. The summed E-state index contributed by atoms with van der Waals surface area (Å²) in [6, 6.07) is 6.00. The van der Waals surface area contributed by atoms with Gasteiger partial charge < -0.3 is 4.90 Å². The predicted molar refractivity (Wildman–Crippen MR) is 80.7 cm³/mol. The molecule has 7 heteroatoms. The molecule has 0 unspecified atom stereocenters. The minimum Gasteiger partial charge on any atom is -0.366 e. The highest BCUT2D eigenvalue weighted by atomic mass is 16.1. The minimum absolute atomic E-state index is 0.132. The van der Waals surface area contributed by atoms with E-state index in [9.17, 15) is 10.1 Å². The van der Waals surface area contributed by atoms with Crippen LogP contribution in [0.25, 0.3) is 5.70 Å². The van der Waals surface area contributed by atoms with Gasteiger partial charge in [0.25, 0.3) is 0 Å². The maximum Gasteiger partial charge on any atom is 0.180 e. The molecular formula is C16H14N6O. The van der Waals surface area contributed by atoms with E-state index >= 15 is 0 Å². The number of hydrogen-bond donors (Lipinski definition) is 0. The molecule has 1 atom stereocenters. The van der Waals surface area contributed by atoms with Crippen molar-refractivity contribution in [2.75, 3.05) is 13.1 Å². The van der Waals surface area contributed by atoms with Crippen LogP contribution in [0, 0.1) is 11.3 Å². The van der Waals surface area contributed by atoms with Crippen LogP contribution in [0.1, 0.15) is 23.7 Å². The van der Waals surface area contributed by atoms with Gasteiger partial charge in [0.05, 0.1) is 23.6 Å². The summed E-state index contributed by atoms with van der Waals surface area (Å²) in [7, 11) is 0. The summed E-state index contributed by atoms with van der Waals surface area (Å²) in [5.41, 5.74) is 2.52. The number of nitriles is 1. The topological polar surface area (TPSA) is 87.7 Å². The predicted octanol–water partition coefficient (Wildman–Crippen LogP) is 0.980. The third-order valence-corrected chi connectivity index (χ3v) is 4.39. The number of nitrogens with zero attached hydrogens (tertiary/aromatic N) is 6. The summed E-state index contributed by atoms with van der Waals surface area (Å²) in [6.45, 7) is 1.45. The van der Waals surface area contributed by atoms with Gasteiger partial charge >= 0.3 is 0 Å². The molecule has 114 valence electrons. The third kappa shape index (κ3) is 2.19. The van der Waals surface area contributed by atoms with Gasteiger partial charge in [0.2, 0.25) is 0 Å². The number of carbonyl (C=O) groups is 1. The minimum atomic E-state index is -0.132. The van der Waals surface area contributed by atoms with Crippen LogP contribution < -0.4 is 0 Å². The van der Waals surface area contributed by atoms with Crippen molar-refractivity contribution in [3.63, 3.8) is 0 Å². The summed E-state index contributed by atoms with van der Waals surface area (Å²) < 4.78 is 1.83. The molecule has 0 bridgehead atoms. The third-order valence-electron chi connectivity index (χ3n) is 4.39. The van der Waals surface area contributed by atoms with Gasteiger partial charge in [0, 0.05) is 31.9 Å². The summed E-state index contributed by atoms with van der Waals surface area (Å²) in [6.07, 6.45) is 6.34. The lowest BCUT2D eigenvalue weighted by Crippen LogP contribution is -2.28. The summed E-state index contributed by atoms with van der Waals surface area (Å²) in [4.78, 5) is 18.8. The lowest BCUT2D eigenvalue weighted by Gasteiger charge is -2.27. The smallest absolute Gasteiger partial charge is 0.180 e. The van der Waals surface area contributed by atoms with Gasteiger partial charge in [-0.3, -0.25) is 9.78 Å². The summed E-state index contributed by atoms with van der Waals surface area (Å²) >= 11 is 0. The monoisotopic (exact) mass is 306 g/mol. The van der Waals surface area contributed by atoms with Crippen LogP contribution in [-0.4, -0.2) is 43.8 Å². The first kappa shape index (κ1) is 13.6. The molecule has 1 aliphatic heterocycles. The van der Waals surface area contributed by atoms with E-state index in [1.165, 1.54) is 0 Å². The number of hydrogen-bond acceptors (Lipinski definition) is 6. The number of likely N-dealkylation sites (tertiary alicyclic amines) is 1. The standard InChI is InChI=1S/C16H14N6O/c17-9-13-14(23)8-11-2-1-4-18-15(11)16(13)21-6-3-12(10-21)22-7-5-19-20-22/h1-2,4-5,7,12H,3,6,8,10H2/t12-/m1/s1. The number of fused-ring (bicyclic) bond motifs is 1. The number of pyridine rings is 1. The van der Waals surface area contributed by atoms with E-state index < -0.39 is 0 Å². The molecule has 2 aromatic heterocycles. The molecule has 0 N–H and O–H groups in total. The fourth-order valence-electron chi connectivity index (χ4n) is 3.30. The molecule has 0 saturated carbocycles. The SMILES string of the molecule is N#CC1=C(N2CC[C@@H](n3ccnn3)C2)c2ncccc2CC1=O. The first-order valence-corrected chi connectivity index (χ1v) is 7.50. The molecule has 1 fully saturated rings. The second-order valence-electron chi connectivity index (χ2n) is 5.72. The van der Waals surface area contributed by atoms with Crippen LogP contribution in [-0.2, 0) is 11.2 Å². The second kappa shape index (κ2) is 5.32. The Morgan fingerprint density at radius 1 is 1.35 bits per heavy atom. The van der Waals surface area contributed by atoms with E-state index in [1.54, 1.807) is 12.4 Å². The van der Waals surface area contributed by atoms with Gasteiger partial charge in [-0.1, -0.05) is 11.3 Å². The molecule has 2 aliphatic rings. The summed E-state index contributed by atoms with van der Waals surface area (Å²) in [5, 5.41) is 17.4. The number of carbonyl (C=O) groups excluding carboxylic acids is 1. The molecule has 4 rings (SSSR count). The van der Waals surface area contributed by atoms with Crippen molar-refractivity contribution in [1.82, 2.24) is 24.9 Å². The Morgan fingerprint density at radius 2 is 2.26 bits per heavy atom. The number of Topliss-reactive ketones (excluding diaryl/α,β-unsaturated/α-hetero) is 1. The Morgan fingerprint density at radius 3 is 3.04 bits per heavy atom. The van der Waals surface area contributed by atoms with Crippen LogP contribution in [0.5, 0.6) is 0 Å². The van der Waals surface area contributed by atoms with Crippen LogP contribution in [0.15, 0.2) is 36.3 Å². The van der Waals surface area contributed by atoms with Crippen molar-refractivity contribution >= 4 is 11.5 Å². The molecule has 3 heterocycles. The normalized spacial score (nSPS) is 20.6. The molecule has 1 aliphatic carbocycles. The van der Waals surface area contributed by atoms with Crippen molar-refractivity contribution in [3.05, 3.63) is 47.6 Å². The molecule has 7 nitrogen and oxygen atoms in total. The van der Waals surface area contributed by atoms with Crippen LogP contribution in [0.2, 0.25) is 0 Å². The maximum atomic E-state index is 12.3. The highest BCUT2D eigenvalue weighted by molar-refractivity contribution is 6.09. The van der Waals surface area contributed by atoms with Gasteiger partial charge in [-0.15, -0.1) is 5.10 Å². The number of allylic oxidation sites excluding steroid dienone is 1. The van der Waals surface area contributed by atoms with E-state index in [-0.39, 0.29) is 23.8 Å². The van der Waals surface area contributed by atoms with Crippen LogP contribution >= 0.6 is 0 Å². The maximum absolute atomic E-state index is 12.3. The summed E-state index contributed by atoms with van der Waals surface area (Å²) in [5.74, 6) is -0.132. The molecular weight excluding hydrogens is 292 g/mol. The van der Waals surface area contributed by atoms with E-state index in [4.69, 9.17) is 0 Å². The van der Waals surface area contributed by atoms with Crippen LogP contribution in [0.4, 0.5) is 0 Å². The van der Waals surface area contributed by atoms with E-state index in [0.717, 1.165) is 24.2 Å². The Hall–Kier alpha value is -3.01. The number of aromatic nitrogens is 4. The lowest BCUT2D eigenvalue weighted by atomic mass is 9.92. The zero-order valence-corrected chi connectivity index (χ0v) is 12.4. The zero-order chi connectivity index (χ0) is 15.8. The largest absolute Gasteiger partial charge is 0.366 e. The molecule has 0 aromatic carbocycles. The van der Waals surface area contributed by atoms with E-state index in [0.29, 0.717) is 12.2 Å². The lowest BCUT2D eigenvalue weighted by molar-refractivity contribution is -0.114. The Balaban J connectivity index is 1.74. The fourth-order valence-corrected chi connectivity index (χ4v) is 3.30. The van der Waals surface area contributed by atoms with E-state index in [1.807, 2.05) is 23.0 Å². The second-order valence-corrected chi connectivity index (χ2v) is 5.72. The Labute approximate surface area is 132 Å². The quantitative estimate of drug-likeness (QED) is 0.822. The van der Waals surface area contributed by atoms with Gasteiger partial charge in [-0.2, -0.15) is 5.26 Å². The highest BCUT2D eigenvalue weighted by Crippen LogP contribution is 2.34. The van der Waals surface area contributed by atoms with E-state index in [2.05, 4.69) is 26.3 Å². The number of ketones is 1. The molecule has 0 amide bonds. The fraction of sp³-hybridized carbons (Fsp3) is 0.312. The van der Waals surface area contributed by atoms with Crippen molar-refractivity contribution in [2.24, 2.45) is 0 Å². The van der Waals surface area contributed by atoms with Gasteiger partial charge in [0.1, 0.15) is 11.6 Å². The van der Waals surface area contributed by atoms with Crippen molar-refractivity contribution in [3.8, 4) is 6.07 Å². The van der Waals surface area contributed by atoms with Crippen molar-refractivity contribution < 1.29 is 4.79 Å². The average Bonchev–Trinajstić information content (AvgIpc) is 3.24. The van der Waals surface area contributed by atoms with Crippen LogP contribution in [0.3, 0.4) is 0 Å². The van der Waals surface area contributed by atoms with Gasteiger partial charge in [0.15, 0.2) is 5.78 Å². The van der Waals surface area contributed by atoms with Crippen molar-refractivity contribution in [1.29, 1.82) is 5.26 Å². The molecule has 23 heavy (non-hydrogen) atoms. The highest BCUT2D eigenvalue weighted by Gasteiger charge is 2.34. The van der Waals surface area contributed by atoms with Gasteiger partial charge in [-0.05, 0) is 18.1 Å². The Kier molecular flexibility index (Phi) is 3.15. The molecule has 2 aromatic rings. The molecule has 0 spiro atoms. The first-order valence-electron chi connectivity index (χ1n) is 7.50. The van der Waals surface area contributed by atoms with Gasteiger partial charge in [-0.25, -0.2) is 4.68 Å². The van der Waals surface area contributed by atoms with Crippen molar-refractivity contribution in [2.45, 2.75) is 18.9 Å². The Bertz CT molecular complexity index is 833. The number of rotatable bonds is 2. The molecule has 0 radical (unpaired) electrons.